The fourth-order valence-electron chi connectivity index (χ4n) is 1.66. The number of carbonyl (C=O) groups excluding carboxylic acids is 1. The van der Waals surface area contributed by atoms with Gasteiger partial charge >= 0.3 is 5.97 Å². The molecule has 0 aliphatic carbocycles. The quantitative estimate of drug-likeness (QED) is 0.748. The van der Waals surface area contributed by atoms with E-state index in [0.29, 0.717) is 0 Å². The van der Waals surface area contributed by atoms with E-state index in [2.05, 4.69) is 0 Å². The van der Waals surface area contributed by atoms with Crippen LogP contribution < -0.4 is 0 Å². The summed E-state index contributed by atoms with van der Waals surface area (Å²) in [4.78, 5) is 12.5. The third-order valence-electron chi connectivity index (χ3n) is 2.44. The molecule has 0 N–H and O–H groups in total. The highest BCUT2D eigenvalue weighted by molar-refractivity contribution is 5.97. The molecule has 0 fully saturated rings. The molecule has 0 radical (unpaired) electrons. The van der Waals surface area contributed by atoms with Crippen molar-refractivity contribution in [1.82, 2.24) is 0 Å². The normalized spacial score (nSPS) is 16.9. The summed E-state index contributed by atoms with van der Waals surface area (Å²) in [5, 5.41) is 0. The van der Waals surface area contributed by atoms with E-state index < -0.39 is 48.2 Å². The van der Waals surface area contributed by atoms with Gasteiger partial charge in [-0.05, 0) is 44.8 Å². The molecular weight excluding hydrogens is 248 g/mol. The SMILES string of the molecule is [2H]c1c([2H])c(C([2H])([2H])[2H])c([2H])c([2H])c1-c1ccccc1C(=O)OC(C)(C)C. The highest BCUT2D eigenvalue weighted by Crippen LogP contribution is 2.25. The van der Waals surface area contributed by atoms with Crippen molar-refractivity contribution in [3.8, 4) is 11.1 Å². The standard InChI is InChI=1S/C18H20O2/c1-13-9-11-14(12-10-13)15-7-5-6-8-16(15)17(19)20-18(2,3)4/h5-12H,1-4H3/i1D3,9D,10D,11D,12D. The molecule has 2 rings (SSSR count). The van der Waals surface area contributed by atoms with Gasteiger partial charge in [-0.25, -0.2) is 4.79 Å². The zero-order valence-electron chi connectivity index (χ0n) is 18.6. The fraction of sp³-hybridized carbons (Fsp3) is 0.278. The van der Waals surface area contributed by atoms with E-state index in [-0.39, 0.29) is 16.7 Å². The molecular formula is C18H20O2. The van der Waals surface area contributed by atoms with E-state index in [9.17, 15) is 4.79 Å². The lowest BCUT2D eigenvalue weighted by Crippen LogP contribution is -2.24. The third-order valence-corrected chi connectivity index (χ3v) is 2.44. The molecule has 2 heteroatoms. The average Bonchev–Trinajstić information content (AvgIpc) is 2.51. The van der Waals surface area contributed by atoms with E-state index in [1.807, 2.05) is 0 Å². The molecule has 0 heterocycles. The number of hydrogen-bond donors (Lipinski definition) is 0. The topological polar surface area (TPSA) is 26.3 Å². The molecule has 0 aliphatic rings. The van der Waals surface area contributed by atoms with Crippen molar-refractivity contribution < 1.29 is 19.1 Å². The average molecular weight is 275 g/mol. The van der Waals surface area contributed by atoms with E-state index in [0.717, 1.165) is 0 Å². The number of benzene rings is 2. The summed E-state index contributed by atoms with van der Waals surface area (Å²) in [6.07, 6.45) is 0. The predicted molar refractivity (Wildman–Crippen MR) is 81.8 cm³/mol. The second-order valence-electron chi connectivity index (χ2n) is 5.30. The first-order valence-electron chi connectivity index (χ1n) is 9.69. The number of ether oxygens (including phenoxy) is 1. The van der Waals surface area contributed by atoms with Gasteiger partial charge in [0, 0.05) is 4.11 Å². The summed E-state index contributed by atoms with van der Waals surface area (Å²) >= 11 is 0. The molecule has 0 unspecified atom stereocenters. The van der Waals surface area contributed by atoms with Crippen LogP contribution in [0.25, 0.3) is 11.1 Å². The summed E-state index contributed by atoms with van der Waals surface area (Å²) in [6, 6.07) is 3.81. The van der Waals surface area contributed by atoms with E-state index in [1.54, 1.807) is 32.9 Å². The molecule has 0 bridgehead atoms. The third kappa shape index (κ3) is 3.47. The number of carbonyl (C=O) groups is 1. The summed E-state index contributed by atoms with van der Waals surface area (Å²) in [7, 11) is 0. The molecule has 2 nitrogen and oxygen atoms in total. The Kier molecular flexibility index (Phi) is 2.10. The summed E-state index contributed by atoms with van der Waals surface area (Å²) in [5.41, 5.74) is -1.31. The maximum atomic E-state index is 12.5. The molecule has 0 amide bonds. The van der Waals surface area contributed by atoms with Crippen molar-refractivity contribution in [2.75, 3.05) is 0 Å². The maximum absolute atomic E-state index is 12.5. The molecule has 2 aromatic carbocycles. The Hall–Kier alpha value is -2.09. The first-order chi connectivity index (χ1) is 12.3. The van der Waals surface area contributed by atoms with Crippen LogP contribution in [0.3, 0.4) is 0 Å². The molecule has 0 aromatic heterocycles. The fourth-order valence-corrected chi connectivity index (χ4v) is 1.66. The van der Waals surface area contributed by atoms with Crippen LogP contribution in [0.5, 0.6) is 0 Å². The minimum Gasteiger partial charge on any atom is -0.456 e. The summed E-state index contributed by atoms with van der Waals surface area (Å²) in [6.45, 7) is 2.32. The van der Waals surface area contributed by atoms with E-state index >= 15 is 0 Å². The van der Waals surface area contributed by atoms with Crippen LogP contribution in [-0.4, -0.2) is 11.6 Å². The maximum Gasteiger partial charge on any atom is 0.339 e. The van der Waals surface area contributed by atoms with Crippen LogP contribution in [0.4, 0.5) is 0 Å². The molecule has 104 valence electrons. The first kappa shape index (κ1) is 7.63. The Morgan fingerprint density at radius 2 is 1.80 bits per heavy atom. The lowest BCUT2D eigenvalue weighted by Gasteiger charge is -2.20. The van der Waals surface area contributed by atoms with Gasteiger partial charge in [0.15, 0.2) is 0 Å². The molecule has 0 saturated heterocycles. The highest BCUT2D eigenvalue weighted by atomic mass is 16.6. The number of rotatable bonds is 2. The molecule has 0 saturated carbocycles. The highest BCUT2D eigenvalue weighted by Gasteiger charge is 2.20. The van der Waals surface area contributed by atoms with Crippen LogP contribution in [0, 0.1) is 6.85 Å². The van der Waals surface area contributed by atoms with E-state index in [1.165, 1.54) is 12.1 Å². The van der Waals surface area contributed by atoms with Crippen molar-refractivity contribution in [2.24, 2.45) is 0 Å². The summed E-state index contributed by atoms with van der Waals surface area (Å²) in [5.74, 6) is -0.671. The lowest BCUT2D eigenvalue weighted by atomic mass is 9.99. The van der Waals surface area contributed by atoms with Crippen molar-refractivity contribution in [3.63, 3.8) is 0 Å². The Morgan fingerprint density at radius 3 is 2.40 bits per heavy atom. The zero-order chi connectivity index (χ0) is 20.7. The van der Waals surface area contributed by atoms with Gasteiger partial charge in [-0.15, -0.1) is 0 Å². The van der Waals surface area contributed by atoms with Crippen LogP contribution >= 0.6 is 0 Å². The van der Waals surface area contributed by atoms with Gasteiger partial charge < -0.3 is 4.74 Å². The van der Waals surface area contributed by atoms with E-state index in [4.69, 9.17) is 14.3 Å². The van der Waals surface area contributed by atoms with Gasteiger partial charge in [-0.3, -0.25) is 0 Å². The molecule has 20 heavy (non-hydrogen) atoms. The zero-order valence-corrected chi connectivity index (χ0v) is 11.6. The van der Waals surface area contributed by atoms with Gasteiger partial charge in [0.25, 0.3) is 0 Å². The first-order valence-corrected chi connectivity index (χ1v) is 6.19. The Bertz CT molecular complexity index is 867. The van der Waals surface area contributed by atoms with Crippen LogP contribution in [0.1, 0.15) is 46.3 Å². The summed E-state index contributed by atoms with van der Waals surface area (Å²) < 4.78 is 60.3. The minimum absolute atomic E-state index is 0.0786. The van der Waals surface area contributed by atoms with Crippen LogP contribution in [-0.2, 0) is 4.74 Å². The van der Waals surface area contributed by atoms with Crippen molar-refractivity contribution >= 4 is 5.97 Å². The largest absolute Gasteiger partial charge is 0.456 e. The second kappa shape index (κ2) is 5.49. The van der Waals surface area contributed by atoms with Crippen molar-refractivity contribution in [2.45, 2.75) is 33.2 Å². The van der Waals surface area contributed by atoms with Crippen LogP contribution in [0.15, 0.2) is 48.4 Å². The minimum atomic E-state index is -2.79. The Balaban J connectivity index is 2.77. The Morgan fingerprint density at radius 1 is 1.15 bits per heavy atom. The van der Waals surface area contributed by atoms with Gasteiger partial charge in [-0.1, -0.05) is 47.9 Å². The lowest BCUT2D eigenvalue weighted by molar-refractivity contribution is 0.00705. The molecule has 2 aromatic rings. The van der Waals surface area contributed by atoms with Gasteiger partial charge in [0.05, 0.1) is 11.0 Å². The van der Waals surface area contributed by atoms with Gasteiger partial charge in [-0.2, -0.15) is 0 Å². The smallest absolute Gasteiger partial charge is 0.339 e. The van der Waals surface area contributed by atoms with Crippen LogP contribution in [0.2, 0.25) is 0 Å². The Labute approximate surface area is 130 Å². The monoisotopic (exact) mass is 275 g/mol. The molecule has 0 spiro atoms. The number of hydrogen-bond acceptors (Lipinski definition) is 2. The second-order valence-corrected chi connectivity index (χ2v) is 5.30. The van der Waals surface area contributed by atoms with Crippen molar-refractivity contribution in [3.05, 3.63) is 59.6 Å². The predicted octanol–water partition coefficient (Wildman–Crippen LogP) is 4.62. The molecule has 0 atom stereocenters. The van der Waals surface area contributed by atoms with Gasteiger partial charge in [0.2, 0.25) is 0 Å². The van der Waals surface area contributed by atoms with Gasteiger partial charge in [0.1, 0.15) is 5.60 Å². The van der Waals surface area contributed by atoms with Crippen molar-refractivity contribution in [1.29, 1.82) is 0 Å². The molecule has 0 aliphatic heterocycles. The number of esters is 1.